The number of carbonyl (C=O) groups is 2. The smallest absolute Gasteiger partial charge is 0.550 e. The molecule has 0 bridgehead atoms. The maximum Gasteiger partial charge on any atom is 2.00 e. The zero-order chi connectivity index (χ0) is 21.6. The second-order valence-corrected chi connectivity index (χ2v) is 8.26. The van der Waals surface area contributed by atoms with Gasteiger partial charge in [-0.2, -0.15) is 0 Å². The summed E-state index contributed by atoms with van der Waals surface area (Å²) in [5, 5.41) is 20.8. The Morgan fingerprint density at radius 3 is 1.03 bits per heavy atom. The summed E-state index contributed by atoms with van der Waals surface area (Å²) in [4.78, 5) is 20.8. The molecule has 0 aliphatic carbocycles. The summed E-state index contributed by atoms with van der Waals surface area (Å²) in [6.07, 6.45) is 18.9. The van der Waals surface area contributed by atoms with Gasteiger partial charge in [0.2, 0.25) is 0 Å². The maximum absolute atomic E-state index is 10.4. The van der Waals surface area contributed by atoms with Crippen LogP contribution in [0.1, 0.15) is 130 Å². The average molecular weight is 464 g/mol. The van der Waals surface area contributed by atoms with Gasteiger partial charge in [-0.05, 0) is 24.7 Å². The largest absolute Gasteiger partial charge is 2.00 e. The Balaban J connectivity index is -0.000000451. The topological polar surface area (TPSA) is 80.3 Å². The molecule has 0 aromatic carbocycles. The molecular weight excluding hydrogens is 418 g/mol. The predicted octanol–water partition coefficient (Wildman–Crippen LogP) is 5.02. The minimum absolute atomic E-state index is 0. The molecule has 0 saturated heterocycles. The summed E-state index contributed by atoms with van der Waals surface area (Å²) in [6.45, 7) is 7.88. The number of aliphatic carboxylic acids is 2. The molecule has 5 heteroatoms. The van der Waals surface area contributed by atoms with E-state index in [2.05, 4.69) is 13.8 Å². The number of rotatable bonds is 18. The molecule has 4 nitrogen and oxygen atoms in total. The van der Waals surface area contributed by atoms with Crippen LogP contribution in [-0.2, 0) is 29.1 Å². The van der Waals surface area contributed by atoms with Gasteiger partial charge >= 0.3 is 19.5 Å². The van der Waals surface area contributed by atoms with Crippen LogP contribution in [0.4, 0.5) is 0 Å². The predicted molar refractivity (Wildman–Crippen MR) is 114 cm³/mol. The van der Waals surface area contributed by atoms with Crippen LogP contribution in [0, 0.1) is 11.8 Å². The van der Waals surface area contributed by atoms with Crippen molar-refractivity contribution in [3.8, 4) is 0 Å². The van der Waals surface area contributed by atoms with Crippen molar-refractivity contribution < 1.29 is 39.3 Å². The molecule has 0 amide bonds. The normalized spacial score (nSPS) is 12.3. The van der Waals surface area contributed by atoms with Crippen molar-refractivity contribution in [2.45, 2.75) is 130 Å². The second kappa shape index (κ2) is 25.6. The molecule has 0 aromatic heterocycles. The monoisotopic (exact) mass is 462 g/mol. The van der Waals surface area contributed by atoms with E-state index in [1.165, 1.54) is 77.0 Å². The van der Waals surface area contributed by atoms with Crippen LogP contribution in [-0.4, -0.2) is 11.9 Å². The van der Waals surface area contributed by atoms with Gasteiger partial charge in [-0.3, -0.25) is 0 Å². The van der Waals surface area contributed by atoms with Crippen molar-refractivity contribution in [3.05, 3.63) is 0 Å². The van der Waals surface area contributed by atoms with Gasteiger partial charge in [0.15, 0.2) is 0 Å². The van der Waals surface area contributed by atoms with Gasteiger partial charge in [-0.1, -0.05) is 118 Å². The number of carboxylic acid groups (broad SMARTS) is 2. The van der Waals surface area contributed by atoms with Crippen LogP contribution in [0.25, 0.3) is 0 Å². The Morgan fingerprint density at radius 2 is 0.793 bits per heavy atom. The third-order valence-electron chi connectivity index (χ3n) is 5.29. The Labute approximate surface area is 193 Å². The molecule has 0 fully saturated rings. The van der Waals surface area contributed by atoms with E-state index in [-0.39, 0.29) is 31.3 Å². The molecule has 2 atom stereocenters. The van der Waals surface area contributed by atoms with E-state index in [1.807, 2.05) is 0 Å². The summed E-state index contributed by atoms with van der Waals surface area (Å²) in [5.74, 6) is -2.36. The Morgan fingerprint density at radius 1 is 0.552 bits per heavy atom. The maximum atomic E-state index is 10.4. The first-order valence-electron chi connectivity index (χ1n) is 11.8. The van der Waals surface area contributed by atoms with Gasteiger partial charge in [0.05, 0.1) is 0 Å². The number of carboxylic acids is 2. The van der Waals surface area contributed by atoms with Crippen molar-refractivity contribution in [2.75, 3.05) is 0 Å². The molecule has 0 aliphatic rings. The molecular formula is C24H46O4Zn. The molecule has 0 aliphatic heterocycles. The SMILES string of the molecule is CCCCCCCCCC(C)C(=O)[O-].CCCCCCCCCC(C)C(=O)[O-].[Zn+2]. The van der Waals surface area contributed by atoms with Gasteiger partial charge in [0, 0.05) is 11.9 Å². The van der Waals surface area contributed by atoms with E-state index in [1.54, 1.807) is 13.8 Å². The number of carbonyl (C=O) groups excluding carboxylic acids is 2. The first kappa shape index (κ1) is 33.2. The average Bonchev–Trinajstić information content (AvgIpc) is 2.66. The van der Waals surface area contributed by atoms with Crippen LogP contribution in [0.5, 0.6) is 0 Å². The summed E-state index contributed by atoms with van der Waals surface area (Å²) < 4.78 is 0. The molecule has 0 spiro atoms. The molecule has 0 saturated carbocycles. The standard InChI is InChI=1S/2C12H24O2.Zn/c2*1-3-4-5-6-7-8-9-10-11(2)12(13)14;/h2*11H,3-10H2,1-2H3,(H,13,14);/q;;+2/p-2. The molecule has 0 aromatic rings. The summed E-state index contributed by atoms with van der Waals surface area (Å²) in [6, 6.07) is 0. The minimum Gasteiger partial charge on any atom is -0.550 e. The first-order valence-corrected chi connectivity index (χ1v) is 11.8. The molecule has 29 heavy (non-hydrogen) atoms. The number of unbranched alkanes of at least 4 members (excludes halogenated alkanes) is 12. The summed E-state index contributed by atoms with van der Waals surface area (Å²) >= 11 is 0. The summed E-state index contributed by atoms with van der Waals surface area (Å²) in [7, 11) is 0. The van der Waals surface area contributed by atoms with Crippen LogP contribution in [0.15, 0.2) is 0 Å². The molecule has 0 rings (SSSR count). The van der Waals surface area contributed by atoms with Crippen LogP contribution in [0.2, 0.25) is 0 Å². The molecule has 0 heterocycles. The van der Waals surface area contributed by atoms with E-state index >= 15 is 0 Å². The van der Waals surface area contributed by atoms with Crippen molar-refractivity contribution in [2.24, 2.45) is 11.8 Å². The minimum atomic E-state index is -0.906. The summed E-state index contributed by atoms with van der Waals surface area (Å²) in [5.41, 5.74) is 0. The Hall–Kier alpha value is -0.437. The van der Waals surface area contributed by atoms with Gasteiger partial charge in [-0.15, -0.1) is 0 Å². The van der Waals surface area contributed by atoms with E-state index in [4.69, 9.17) is 0 Å². The zero-order valence-electron chi connectivity index (χ0n) is 19.8. The van der Waals surface area contributed by atoms with E-state index in [9.17, 15) is 19.8 Å². The number of hydrogen-bond donors (Lipinski definition) is 0. The van der Waals surface area contributed by atoms with Crippen molar-refractivity contribution in [3.63, 3.8) is 0 Å². The van der Waals surface area contributed by atoms with E-state index in [0.29, 0.717) is 0 Å². The Bertz CT molecular complexity index is 327. The fraction of sp³-hybridized carbons (Fsp3) is 0.917. The van der Waals surface area contributed by atoms with Crippen LogP contribution in [0.3, 0.4) is 0 Å². The molecule has 0 N–H and O–H groups in total. The first-order chi connectivity index (χ1) is 13.4. The quantitative estimate of drug-likeness (QED) is 0.211. The van der Waals surface area contributed by atoms with Gasteiger partial charge in [0.25, 0.3) is 0 Å². The molecule has 2 unspecified atom stereocenters. The van der Waals surface area contributed by atoms with Crippen LogP contribution < -0.4 is 10.2 Å². The third-order valence-corrected chi connectivity index (χ3v) is 5.29. The van der Waals surface area contributed by atoms with Crippen molar-refractivity contribution in [1.82, 2.24) is 0 Å². The van der Waals surface area contributed by atoms with Crippen LogP contribution >= 0.6 is 0 Å². The van der Waals surface area contributed by atoms with Gasteiger partial charge < -0.3 is 19.8 Å². The Kier molecular flexibility index (Phi) is 29.3. The van der Waals surface area contributed by atoms with E-state index < -0.39 is 11.9 Å². The zero-order valence-corrected chi connectivity index (χ0v) is 22.8. The van der Waals surface area contributed by atoms with Gasteiger partial charge in [-0.25, -0.2) is 0 Å². The fourth-order valence-corrected chi connectivity index (χ4v) is 3.05. The second-order valence-electron chi connectivity index (χ2n) is 8.26. The fourth-order valence-electron chi connectivity index (χ4n) is 3.05. The van der Waals surface area contributed by atoms with Gasteiger partial charge in [0.1, 0.15) is 0 Å². The van der Waals surface area contributed by atoms with Crippen molar-refractivity contribution >= 4 is 11.9 Å². The third kappa shape index (κ3) is 27.6. The van der Waals surface area contributed by atoms with E-state index in [0.717, 1.165) is 25.7 Å². The van der Waals surface area contributed by atoms with Crippen molar-refractivity contribution in [1.29, 1.82) is 0 Å². The number of hydrogen-bond acceptors (Lipinski definition) is 4. The molecule has 0 radical (unpaired) electrons. The molecule has 168 valence electrons.